The van der Waals surface area contributed by atoms with Crippen molar-refractivity contribution in [3.05, 3.63) is 53.7 Å². The number of piperidine rings is 1. The van der Waals surface area contributed by atoms with Crippen molar-refractivity contribution in [2.24, 2.45) is 4.99 Å². The number of aliphatic imine (C=N–C) groups is 1. The molecule has 0 saturated carbocycles. The molecule has 3 N–H and O–H groups in total. The van der Waals surface area contributed by atoms with Gasteiger partial charge in [-0.1, -0.05) is 12.1 Å². The lowest BCUT2D eigenvalue weighted by Crippen LogP contribution is -2.39. The number of benzene rings is 1. The summed E-state index contributed by atoms with van der Waals surface area (Å²) in [5, 5.41) is 17.1. The summed E-state index contributed by atoms with van der Waals surface area (Å²) in [6.07, 6.45) is 5.12. The third-order valence-electron chi connectivity index (χ3n) is 5.35. The van der Waals surface area contributed by atoms with Crippen LogP contribution in [0, 0.1) is 0 Å². The van der Waals surface area contributed by atoms with Gasteiger partial charge in [-0.25, -0.2) is 9.98 Å². The van der Waals surface area contributed by atoms with E-state index in [9.17, 15) is 5.11 Å². The van der Waals surface area contributed by atoms with Crippen molar-refractivity contribution in [2.45, 2.75) is 58.8 Å². The summed E-state index contributed by atoms with van der Waals surface area (Å²) in [5.41, 5.74) is 1.96. The second kappa shape index (κ2) is 12.3. The molecule has 174 valence electrons. The number of nitrogens with zero attached hydrogens (tertiary/aromatic N) is 3. The number of guanidine groups is 1. The molecule has 0 bridgehead atoms. The van der Waals surface area contributed by atoms with E-state index in [1.165, 1.54) is 19.3 Å². The Morgan fingerprint density at radius 2 is 1.88 bits per heavy atom. The summed E-state index contributed by atoms with van der Waals surface area (Å²) in [4.78, 5) is 11.6. The fourth-order valence-corrected chi connectivity index (χ4v) is 3.72. The van der Waals surface area contributed by atoms with Crippen LogP contribution in [0.5, 0.6) is 5.75 Å². The van der Waals surface area contributed by atoms with E-state index in [4.69, 9.17) is 9.73 Å². The number of nitrogens with one attached hydrogen (secondary N) is 2. The van der Waals surface area contributed by atoms with Gasteiger partial charge in [-0.2, -0.15) is 0 Å². The molecule has 2 aromatic rings. The SMILES string of the molecule is CCNC(=NCc1ccnc(N2CCCCC2)c1)NCC(O)c1ccc(OC(C)C)cc1. The van der Waals surface area contributed by atoms with Crippen LogP contribution in [0.3, 0.4) is 0 Å². The highest BCUT2D eigenvalue weighted by atomic mass is 16.5. The van der Waals surface area contributed by atoms with Crippen molar-refractivity contribution in [1.29, 1.82) is 0 Å². The Balaban J connectivity index is 1.56. The molecule has 32 heavy (non-hydrogen) atoms. The van der Waals surface area contributed by atoms with Gasteiger partial charge in [0.1, 0.15) is 11.6 Å². The molecule has 7 heteroatoms. The largest absolute Gasteiger partial charge is 0.491 e. The minimum absolute atomic E-state index is 0.127. The Kier molecular flexibility index (Phi) is 9.16. The molecule has 1 atom stereocenters. The minimum atomic E-state index is -0.640. The molecule has 1 unspecified atom stereocenters. The maximum Gasteiger partial charge on any atom is 0.191 e. The number of ether oxygens (including phenoxy) is 1. The summed E-state index contributed by atoms with van der Waals surface area (Å²) in [6, 6.07) is 11.7. The topological polar surface area (TPSA) is 82.0 Å². The van der Waals surface area contributed by atoms with Crippen molar-refractivity contribution < 1.29 is 9.84 Å². The number of anilines is 1. The van der Waals surface area contributed by atoms with E-state index in [0.717, 1.165) is 42.3 Å². The number of hydrogen-bond donors (Lipinski definition) is 3. The van der Waals surface area contributed by atoms with E-state index >= 15 is 0 Å². The average Bonchev–Trinajstić information content (AvgIpc) is 2.81. The highest BCUT2D eigenvalue weighted by Crippen LogP contribution is 2.19. The van der Waals surface area contributed by atoms with Crippen LogP contribution >= 0.6 is 0 Å². The maximum absolute atomic E-state index is 10.6. The van der Waals surface area contributed by atoms with Crippen LogP contribution in [0.25, 0.3) is 0 Å². The average molecular weight is 440 g/mol. The van der Waals surface area contributed by atoms with Gasteiger partial charge in [0.2, 0.25) is 0 Å². The molecule has 1 aromatic carbocycles. The van der Waals surface area contributed by atoms with Gasteiger partial charge >= 0.3 is 0 Å². The van der Waals surface area contributed by atoms with Gasteiger partial charge in [-0.05, 0) is 75.4 Å². The Morgan fingerprint density at radius 1 is 1.12 bits per heavy atom. The van der Waals surface area contributed by atoms with Crippen LogP contribution in [-0.4, -0.2) is 48.3 Å². The summed E-state index contributed by atoms with van der Waals surface area (Å²) in [6.45, 7) is 9.84. The van der Waals surface area contributed by atoms with Gasteiger partial charge in [-0.15, -0.1) is 0 Å². The van der Waals surface area contributed by atoms with Crippen molar-refractivity contribution in [2.75, 3.05) is 31.1 Å². The molecule has 1 aliphatic heterocycles. The highest BCUT2D eigenvalue weighted by molar-refractivity contribution is 5.79. The number of aliphatic hydroxyl groups excluding tert-OH is 1. The summed E-state index contributed by atoms with van der Waals surface area (Å²) in [7, 11) is 0. The van der Waals surface area contributed by atoms with Crippen LogP contribution in [0.15, 0.2) is 47.6 Å². The minimum Gasteiger partial charge on any atom is -0.491 e. The van der Waals surface area contributed by atoms with Crippen LogP contribution in [-0.2, 0) is 6.54 Å². The first kappa shape index (κ1) is 23.9. The first-order valence-corrected chi connectivity index (χ1v) is 11.7. The van der Waals surface area contributed by atoms with Crippen molar-refractivity contribution >= 4 is 11.8 Å². The fraction of sp³-hybridized carbons (Fsp3) is 0.520. The predicted molar refractivity (Wildman–Crippen MR) is 130 cm³/mol. The van der Waals surface area contributed by atoms with Crippen LogP contribution in [0.2, 0.25) is 0 Å². The number of aliphatic hydroxyl groups is 1. The maximum atomic E-state index is 10.6. The molecular weight excluding hydrogens is 402 g/mol. The van der Waals surface area contributed by atoms with Crippen molar-refractivity contribution in [3.63, 3.8) is 0 Å². The van der Waals surface area contributed by atoms with E-state index in [1.54, 1.807) is 0 Å². The lowest BCUT2D eigenvalue weighted by atomic mass is 10.1. The second-order valence-corrected chi connectivity index (χ2v) is 8.40. The molecule has 1 fully saturated rings. The van der Waals surface area contributed by atoms with Gasteiger partial charge in [-0.3, -0.25) is 0 Å². The lowest BCUT2D eigenvalue weighted by Gasteiger charge is -2.27. The molecule has 0 spiro atoms. The molecule has 1 saturated heterocycles. The summed E-state index contributed by atoms with van der Waals surface area (Å²) >= 11 is 0. The molecule has 0 aliphatic carbocycles. The molecule has 0 amide bonds. The molecule has 2 heterocycles. The molecule has 0 radical (unpaired) electrons. The van der Waals surface area contributed by atoms with Gasteiger partial charge in [0, 0.05) is 32.4 Å². The number of hydrogen-bond acceptors (Lipinski definition) is 5. The van der Waals surface area contributed by atoms with Crippen LogP contribution in [0.4, 0.5) is 5.82 Å². The predicted octanol–water partition coefficient (Wildman–Crippen LogP) is 3.65. The third kappa shape index (κ3) is 7.41. The van der Waals surface area contributed by atoms with E-state index < -0.39 is 6.10 Å². The summed E-state index contributed by atoms with van der Waals surface area (Å²) < 4.78 is 5.67. The Morgan fingerprint density at radius 3 is 2.56 bits per heavy atom. The molecule has 1 aliphatic rings. The zero-order valence-corrected chi connectivity index (χ0v) is 19.6. The Labute approximate surface area is 191 Å². The van der Waals surface area contributed by atoms with Crippen molar-refractivity contribution in [1.82, 2.24) is 15.6 Å². The number of aromatic nitrogens is 1. The van der Waals surface area contributed by atoms with Gasteiger partial charge in [0.05, 0.1) is 18.8 Å². The number of pyridine rings is 1. The quantitative estimate of drug-likeness (QED) is 0.409. The first-order valence-electron chi connectivity index (χ1n) is 11.7. The molecular formula is C25H37N5O2. The Hall–Kier alpha value is -2.80. The van der Waals surface area contributed by atoms with E-state index in [-0.39, 0.29) is 6.10 Å². The Bertz CT molecular complexity index is 848. The number of rotatable bonds is 9. The van der Waals surface area contributed by atoms with E-state index in [2.05, 4.69) is 26.6 Å². The van der Waals surface area contributed by atoms with Gasteiger partial charge in [0.25, 0.3) is 0 Å². The standard InChI is InChI=1S/C25H37N5O2/c1-4-26-25(29-18-23(31)21-8-10-22(11-9-21)32-19(2)3)28-17-20-12-13-27-24(16-20)30-14-6-5-7-15-30/h8-13,16,19,23,31H,4-7,14-15,17-18H2,1-3H3,(H2,26,28,29). The first-order chi connectivity index (χ1) is 15.5. The van der Waals surface area contributed by atoms with E-state index in [0.29, 0.717) is 19.0 Å². The normalized spacial score (nSPS) is 15.5. The molecule has 7 nitrogen and oxygen atoms in total. The lowest BCUT2D eigenvalue weighted by molar-refractivity contribution is 0.180. The van der Waals surface area contributed by atoms with Crippen molar-refractivity contribution in [3.8, 4) is 5.75 Å². The molecule has 3 rings (SSSR count). The third-order valence-corrected chi connectivity index (χ3v) is 5.35. The van der Waals surface area contributed by atoms with Crippen LogP contribution in [0.1, 0.15) is 57.3 Å². The van der Waals surface area contributed by atoms with Gasteiger partial charge in [0.15, 0.2) is 5.96 Å². The zero-order chi connectivity index (χ0) is 22.8. The van der Waals surface area contributed by atoms with E-state index in [1.807, 2.05) is 57.3 Å². The smallest absolute Gasteiger partial charge is 0.191 e. The van der Waals surface area contributed by atoms with Crippen LogP contribution < -0.4 is 20.3 Å². The monoisotopic (exact) mass is 439 g/mol. The second-order valence-electron chi connectivity index (χ2n) is 8.40. The van der Waals surface area contributed by atoms with Gasteiger partial charge < -0.3 is 25.4 Å². The fourth-order valence-electron chi connectivity index (χ4n) is 3.72. The highest BCUT2D eigenvalue weighted by Gasteiger charge is 2.13. The summed E-state index contributed by atoms with van der Waals surface area (Å²) in [5.74, 6) is 2.53. The molecule has 1 aromatic heterocycles. The zero-order valence-electron chi connectivity index (χ0n) is 19.6.